The molecule has 3 N–H and O–H groups in total. The summed E-state index contributed by atoms with van der Waals surface area (Å²) in [5, 5.41) is 3.65. The van der Waals surface area contributed by atoms with Crippen LogP contribution in [-0.4, -0.2) is 13.1 Å². The molecule has 1 fully saturated rings. The van der Waals surface area contributed by atoms with Crippen molar-refractivity contribution in [1.29, 1.82) is 0 Å². The van der Waals surface area contributed by atoms with E-state index in [1.165, 1.54) is 30.4 Å². The van der Waals surface area contributed by atoms with Gasteiger partial charge in [0.1, 0.15) is 0 Å². The average molecular weight is 246 g/mol. The predicted octanol–water partition coefficient (Wildman–Crippen LogP) is 3.20. The minimum atomic E-state index is 0.477. The Morgan fingerprint density at radius 2 is 2.06 bits per heavy atom. The smallest absolute Gasteiger partial charge is 0.0323 e. The molecule has 2 atom stereocenters. The van der Waals surface area contributed by atoms with Crippen LogP contribution in [0.15, 0.2) is 24.3 Å². The van der Waals surface area contributed by atoms with E-state index in [1.54, 1.807) is 0 Å². The van der Waals surface area contributed by atoms with Crippen LogP contribution in [0, 0.1) is 5.92 Å². The standard InChI is InChI=1S/C16H26N2/c1-12(2)15(11-17)13-7-3-4-8-14(13)16-9-5-6-10-18-16/h3-4,7-8,12,15-16,18H,5-6,9-11,17H2,1-2H3. The van der Waals surface area contributed by atoms with E-state index in [-0.39, 0.29) is 0 Å². The molecular formula is C16H26N2. The molecule has 2 heteroatoms. The summed E-state index contributed by atoms with van der Waals surface area (Å²) in [4.78, 5) is 0. The third-order valence-electron chi connectivity index (χ3n) is 4.14. The maximum atomic E-state index is 5.98. The second-order valence-electron chi connectivity index (χ2n) is 5.72. The second-order valence-corrected chi connectivity index (χ2v) is 5.72. The van der Waals surface area contributed by atoms with Gasteiger partial charge in [-0.05, 0) is 48.9 Å². The van der Waals surface area contributed by atoms with Gasteiger partial charge in [-0.2, -0.15) is 0 Å². The highest BCUT2D eigenvalue weighted by Gasteiger charge is 2.22. The largest absolute Gasteiger partial charge is 0.330 e. The summed E-state index contributed by atoms with van der Waals surface area (Å²) in [5.41, 5.74) is 8.91. The van der Waals surface area contributed by atoms with Gasteiger partial charge in [0.2, 0.25) is 0 Å². The van der Waals surface area contributed by atoms with Gasteiger partial charge in [0.25, 0.3) is 0 Å². The zero-order valence-corrected chi connectivity index (χ0v) is 11.7. The molecule has 0 aliphatic carbocycles. The summed E-state index contributed by atoms with van der Waals surface area (Å²) < 4.78 is 0. The van der Waals surface area contributed by atoms with Crippen LogP contribution >= 0.6 is 0 Å². The van der Waals surface area contributed by atoms with Crippen LogP contribution in [0.25, 0.3) is 0 Å². The fourth-order valence-corrected chi connectivity index (χ4v) is 3.04. The van der Waals surface area contributed by atoms with Gasteiger partial charge >= 0.3 is 0 Å². The molecule has 2 rings (SSSR count). The monoisotopic (exact) mass is 246 g/mol. The Hall–Kier alpha value is -0.860. The lowest BCUT2D eigenvalue weighted by atomic mass is 9.82. The highest BCUT2D eigenvalue weighted by molar-refractivity contribution is 5.34. The summed E-state index contributed by atoms with van der Waals surface area (Å²) in [6.07, 6.45) is 3.90. The van der Waals surface area contributed by atoms with E-state index >= 15 is 0 Å². The van der Waals surface area contributed by atoms with Crippen molar-refractivity contribution in [3.63, 3.8) is 0 Å². The highest BCUT2D eigenvalue weighted by atomic mass is 14.9. The quantitative estimate of drug-likeness (QED) is 0.856. The molecule has 1 aromatic carbocycles. The van der Waals surface area contributed by atoms with Crippen molar-refractivity contribution in [3.05, 3.63) is 35.4 Å². The average Bonchev–Trinajstić information content (AvgIpc) is 2.41. The van der Waals surface area contributed by atoms with E-state index in [1.807, 2.05) is 0 Å². The van der Waals surface area contributed by atoms with E-state index in [0.29, 0.717) is 17.9 Å². The topological polar surface area (TPSA) is 38.0 Å². The number of rotatable bonds is 4. The molecule has 2 nitrogen and oxygen atoms in total. The van der Waals surface area contributed by atoms with Crippen LogP contribution in [-0.2, 0) is 0 Å². The first-order valence-electron chi connectivity index (χ1n) is 7.26. The normalized spacial score (nSPS) is 22.1. The van der Waals surface area contributed by atoms with Gasteiger partial charge in [0.05, 0.1) is 0 Å². The third-order valence-corrected chi connectivity index (χ3v) is 4.14. The molecule has 18 heavy (non-hydrogen) atoms. The van der Waals surface area contributed by atoms with Crippen LogP contribution in [0.5, 0.6) is 0 Å². The van der Waals surface area contributed by atoms with Gasteiger partial charge in [-0.25, -0.2) is 0 Å². The zero-order valence-electron chi connectivity index (χ0n) is 11.7. The first kappa shape index (κ1) is 13.6. The molecule has 0 aromatic heterocycles. The molecule has 0 saturated carbocycles. The number of nitrogens with one attached hydrogen (secondary N) is 1. The van der Waals surface area contributed by atoms with Gasteiger partial charge < -0.3 is 11.1 Å². The Balaban J connectivity index is 2.29. The highest BCUT2D eigenvalue weighted by Crippen LogP contribution is 2.32. The van der Waals surface area contributed by atoms with E-state index in [2.05, 4.69) is 43.4 Å². The molecule has 1 heterocycles. The lowest BCUT2D eigenvalue weighted by molar-refractivity contribution is 0.404. The molecule has 0 radical (unpaired) electrons. The van der Waals surface area contributed by atoms with Crippen molar-refractivity contribution in [3.8, 4) is 0 Å². The van der Waals surface area contributed by atoms with Gasteiger partial charge in [-0.15, -0.1) is 0 Å². The van der Waals surface area contributed by atoms with Crippen molar-refractivity contribution >= 4 is 0 Å². The Morgan fingerprint density at radius 1 is 1.28 bits per heavy atom. The van der Waals surface area contributed by atoms with Gasteiger partial charge in [0, 0.05) is 6.04 Å². The Kier molecular flexibility index (Phi) is 4.79. The van der Waals surface area contributed by atoms with Crippen molar-refractivity contribution in [2.75, 3.05) is 13.1 Å². The maximum Gasteiger partial charge on any atom is 0.0323 e. The molecule has 1 aliphatic heterocycles. The number of hydrogen-bond donors (Lipinski definition) is 2. The lowest BCUT2D eigenvalue weighted by Crippen LogP contribution is -2.29. The summed E-state index contributed by atoms with van der Waals surface area (Å²) in [7, 11) is 0. The Labute approximate surface area is 111 Å². The lowest BCUT2D eigenvalue weighted by Gasteiger charge is -2.29. The van der Waals surface area contributed by atoms with Crippen LogP contribution in [0.2, 0.25) is 0 Å². The first-order valence-corrected chi connectivity index (χ1v) is 7.26. The fraction of sp³-hybridized carbons (Fsp3) is 0.625. The molecule has 2 unspecified atom stereocenters. The van der Waals surface area contributed by atoms with E-state index in [0.717, 1.165) is 13.1 Å². The number of nitrogens with two attached hydrogens (primary N) is 1. The van der Waals surface area contributed by atoms with E-state index in [9.17, 15) is 0 Å². The third kappa shape index (κ3) is 2.93. The van der Waals surface area contributed by atoms with Crippen LogP contribution in [0.1, 0.15) is 56.2 Å². The Bertz CT molecular complexity index is 367. The van der Waals surface area contributed by atoms with Crippen molar-refractivity contribution in [2.24, 2.45) is 11.7 Å². The van der Waals surface area contributed by atoms with Gasteiger partial charge in [-0.1, -0.05) is 44.5 Å². The number of benzene rings is 1. The molecule has 1 saturated heterocycles. The fourth-order valence-electron chi connectivity index (χ4n) is 3.04. The molecule has 0 bridgehead atoms. The molecule has 0 amide bonds. The summed E-state index contributed by atoms with van der Waals surface area (Å²) >= 11 is 0. The first-order chi connectivity index (χ1) is 8.74. The summed E-state index contributed by atoms with van der Waals surface area (Å²) in [6.45, 7) is 6.42. The molecule has 1 aliphatic rings. The maximum absolute atomic E-state index is 5.98. The summed E-state index contributed by atoms with van der Waals surface area (Å²) in [6, 6.07) is 9.38. The van der Waals surface area contributed by atoms with Crippen molar-refractivity contribution < 1.29 is 0 Å². The van der Waals surface area contributed by atoms with Gasteiger partial charge in [0.15, 0.2) is 0 Å². The minimum Gasteiger partial charge on any atom is -0.330 e. The SMILES string of the molecule is CC(C)C(CN)c1ccccc1C1CCCCN1. The zero-order chi connectivity index (χ0) is 13.0. The second kappa shape index (κ2) is 6.35. The van der Waals surface area contributed by atoms with Crippen LogP contribution in [0.3, 0.4) is 0 Å². The number of hydrogen-bond acceptors (Lipinski definition) is 2. The van der Waals surface area contributed by atoms with E-state index in [4.69, 9.17) is 5.73 Å². The van der Waals surface area contributed by atoms with Crippen LogP contribution in [0.4, 0.5) is 0 Å². The molecule has 0 spiro atoms. The molecular weight excluding hydrogens is 220 g/mol. The summed E-state index contributed by atoms with van der Waals surface area (Å²) in [5.74, 6) is 1.07. The van der Waals surface area contributed by atoms with E-state index < -0.39 is 0 Å². The molecule has 1 aromatic rings. The van der Waals surface area contributed by atoms with Crippen molar-refractivity contribution in [2.45, 2.75) is 45.1 Å². The van der Waals surface area contributed by atoms with Crippen LogP contribution < -0.4 is 11.1 Å². The number of piperidine rings is 1. The Morgan fingerprint density at radius 3 is 2.67 bits per heavy atom. The predicted molar refractivity (Wildman–Crippen MR) is 77.7 cm³/mol. The van der Waals surface area contributed by atoms with Crippen molar-refractivity contribution in [1.82, 2.24) is 5.32 Å². The minimum absolute atomic E-state index is 0.477. The molecule has 100 valence electrons. The van der Waals surface area contributed by atoms with Gasteiger partial charge in [-0.3, -0.25) is 0 Å².